The second-order valence-corrected chi connectivity index (χ2v) is 6.33. The number of hydrogen-bond acceptors (Lipinski definition) is 3. The minimum Gasteiger partial charge on any atom is -0.463 e. The van der Waals surface area contributed by atoms with E-state index in [4.69, 9.17) is 4.42 Å². The maximum atomic E-state index is 5.71. The Labute approximate surface area is 128 Å². The Balaban J connectivity index is 2.02. The van der Waals surface area contributed by atoms with Crippen molar-refractivity contribution >= 4 is 49.3 Å². The molecule has 0 unspecified atom stereocenters. The Morgan fingerprint density at radius 3 is 2.44 bits per heavy atom. The lowest BCUT2D eigenvalue weighted by atomic mass is 10.3. The van der Waals surface area contributed by atoms with Gasteiger partial charge in [-0.3, -0.25) is 0 Å². The average molecular weight is 391 g/mol. The van der Waals surface area contributed by atoms with Crippen LogP contribution in [0.3, 0.4) is 0 Å². The molecule has 1 N–H and O–H groups in total. The summed E-state index contributed by atoms with van der Waals surface area (Å²) in [5, 5.41) is 3.36. The van der Waals surface area contributed by atoms with Gasteiger partial charge in [0.2, 0.25) is 0 Å². The summed E-state index contributed by atoms with van der Waals surface area (Å²) < 4.78 is 7.78. The van der Waals surface area contributed by atoms with Gasteiger partial charge in [-0.15, -0.1) is 0 Å². The molecule has 0 atom stereocenters. The zero-order valence-electron chi connectivity index (χ0n) is 9.87. The van der Waals surface area contributed by atoms with Crippen molar-refractivity contribution in [3.8, 4) is 0 Å². The van der Waals surface area contributed by atoms with Gasteiger partial charge in [0.1, 0.15) is 11.5 Å². The lowest BCUT2D eigenvalue weighted by molar-refractivity contribution is 0.487. The largest absolute Gasteiger partial charge is 0.463 e. The van der Waals surface area contributed by atoms with Crippen LogP contribution in [0.5, 0.6) is 0 Å². The van der Waals surface area contributed by atoms with Gasteiger partial charge in [-0.1, -0.05) is 6.07 Å². The molecule has 0 aliphatic heterocycles. The van der Waals surface area contributed by atoms with Crippen LogP contribution in [0.1, 0.15) is 11.5 Å². The molecular weight excluding hydrogens is 378 g/mol. The van der Waals surface area contributed by atoms with Crippen molar-refractivity contribution in [3.05, 3.63) is 50.8 Å². The van der Waals surface area contributed by atoms with E-state index in [1.165, 1.54) is 0 Å². The van der Waals surface area contributed by atoms with Gasteiger partial charge in [0.25, 0.3) is 0 Å². The standard InChI is InChI=1S/C13H13Br2NOS/c1-18-8-10-6-5-9(17-10)7-16-13-11(14)3-2-4-12(13)15/h2-6,16H,7-8H2,1H3. The third-order valence-electron chi connectivity index (χ3n) is 2.41. The highest BCUT2D eigenvalue weighted by atomic mass is 79.9. The molecule has 18 heavy (non-hydrogen) atoms. The van der Waals surface area contributed by atoms with Gasteiger partial charge in [0, 0.05) is 8.95 Å². The molecule has 0 fully saturated rings. The number of rotatable bonds is 5. The quantitative estimate of drug-likeness (QED) is 0.751. The Hall–Kier alpha value is -0.390. The number of nitrogens with one attached hydrogen (secondary N) is 1. The summed E-state index contributed by atoms with van der Waals surface area (Å²) in [5.74, 6) is 2.88. The second kappa shape index (κ2) is 6.68. The zero-order chi connectivity index (χ0) is 13.0. The Morgan fingerprint density at radius 1 is 1.11 bits per heavy atom. The molecule has 0 saturated carbocycles. The Kier molecular flexibility index (Phi) is 5.21. The third kappa shape index (κ3) is 3.56. The summed E-state index contributed by atoms with van der Waals surface area (Å²) in [6, 6.07) is 10.1. The van der Waals surface area contributed by atoms with Gasteiger partial charge < -0.3 is 9.73 Å². The van der Waals surface area contributed by atoms with Gasteiger partial charge in [0.15, 0.2) is 0 Å². The monoisotopic (exact) mass is 389 g/mol. The first-order chi connectivity index (χ1) is 8.70. The number of thioether (sulfide) groups is 1. The number of benzene rings is 1. The van der Waals surface area contributed by atoms with Gasteiger partial charge in [-0.25, -0.2) is 0 Å². The topological polar surface area (TPSA) is 25.2 Å². The maximum Gasteiger partial charge on any atom is 0.123 e. The van der Waals surface area contributed by atoms with Gasteiger partial charge >= 0.3 is 0 Å². The van der Waals surface area contributed by atoms with E-state index in [0.29, 0.717) is 6.54 Å². The van der Waals surface area contributed by atoms with Gasteiger partial charge in [0.05, 0.1) is 18.0 Å². The molecule has 0 bridgehead atoms. The fourth-order valence-electron chi connectivity index (χ4n) is 1.58. The van der Waals surface area contributed by atoms with Crippen LogP contribution >= 0.6 is 43.6 Å². The van der Waals surface area contributed by atoms with Crippen LogP contribution in [0.15, 0.2) is 43.7 Å². The number of anilines is 1. The SMILES string of the molecule is CSCc1ccc(CNc2c(Br)cccc2Br)o1. The molecule has 1 aromatic carbocycles. The van der Waals surface area contributed by atoms with Crippen molar-refractivity contribution in [1.82, 2.24) is 0 Å². The van der Waals surface area contributed by atoms with Crippen LogP contribution in [-0.4, -0.2) is 6.26 Å². The normalized spacial score (nSPS) is 10.6. The summed E-state index contributed by atoms with van der Waals surface area (Å²) in [4.78, 5) is 0. The summed E-state index contributed by atoms with van der Waals surface area (Å²) in [5.41, 5.74) is 1.04. The number of para-hydroxylation sites is 1. The molecular formula is C13H13Br2NOS. The van der Waals surface area contributed by atoms with E-state index >= 15 is 0 Å². The van der Waals surface area contributed by atoms with E-state index in [2.05, 4.69) is 43.4 Å². The maximum absolute atomic E-state index is 5.71. The van der Waals surface area contributed by atoms with Crippen LogP contribution in [0.2, 0.25) is 0 Å². The van der Waals surface area contributed by atoms with E-state index in [9.17, 15) is 0 Å². The molecule has 0 aliphatic rings. The minimum atomic E-state index is 0.676. The number of furan rings is 1. The van der Waals surface area contributed by atoms with Crippen LogP contribution in [0.4, 0.5) is 5.69 Å². The molecule has 2 rings (SSSR count). The van der Waals surface area contributed by atoms with Crippen molar-refractivity contribution in [3.63, 3.8) is 0 Å². The van der Waals surface area contributed by atoms with Crippen molar-refractivity contribution in [1.29, 1.82) is 0 Å². The average Bonchev–Trinajstić information content (AvgIpc) is 2.77. The van der Waals surface area contributed by atoms with E-state index in [0.717, 1.165) is 31.9 Å². The molecule has 5 heteroatoms. The number of halogens is 2. The van der Waals surface area contributed by atoms with Crippen LogP contribution in [0, 0.1) is 0 Å². The van der Waals surface area contributed by atoms with E-state index in [1.54, 1.807) is 11.8 Å². The first-order valence-corrected chi connectivity index (χ1v) is 8.43. The summed E-state index contributed by atoms with van der Waals surface area (Å²) in [6.45, 7) is 0.676. The molecule has 0 radical (unpaired) electrons. The highest BCUT2D eigenvalue weighted by Gasteiger charge is 2.06. The van der Waals surface area contributed by atoms with E-state index in [1.807, 2.05) is 30.3 Å². The van der Waals surface area contributed by atoms with Gasteiger partial charge in [-0.05, 0) is 62.4 Å². The minimum absolute atomic E-state index is 0.676. The third-order valence-corrected chi connectivity index (χ3v) is 4.30. The lowest BCUT2D eigenvalue weighted by Crippen LogP contribution is -1.99. The molecule has 0 spiro atoms. The summed E-state index contributed by atoms with van der Waals surface area (Å²) >= 11 is 8.81. The second-order valence-electron chi connectivity index (χ2n) is 3.75. The fourth-order valence-corrected chi connectivity index (χ4v) is 3.30. The van der Waals surface area contributed by atoms with Gasteiger partial charge in [-0.2, -0.15) is 11.8 Å². The predicted molar refractivity (Wildman–Crippen MR) is 85.1 cm³/mol. The Bertz CT molecular complexity index is 507. The van der Waals surface area contributed by atoms with E-state index in [-0.39, 0.29) is 0 Å². The predicted octanol–water partition coefficient (Wildman–Crippen LogP) is 5.28. The highest BCUT2D eigenvalue weighted by molar-refractivity contribution is 9.11. The van der Waals surface area contributed by atoms with E-state index < -0.39 is 0 Å². The molecule has 0 amide bonds. The first kappa shape index (κ1) is 14.0. The molecule has 2 nitrogen and oxygen atoms in total. The smallest absolute Gasteiger partial charge is 0.123 e. The lowest BCUT2D eigenvalue weighted by Gasteiger charge is -2.09. The van der Waals surface area contributed by atoms with Crippen LogP contribution in [-0.2, 0) is 12.3 Å². The highest BCUT2D eigenvalue weighted by Crippen LogP contribution is 2.31. The van der Waals surface area contributed by atoms with Crippen molar-refractivity contribution in [2.75, 3.05) is 11.6 Å². The molecule has 2 aromatic rings. The molecule has 1 heterocycles. The zero-order valence-corrected chi connectivity index (χ0v) is 13.9. The summed E-state index contributed by atoms with van der Waals surface area (Å²) in [6.07, 6.45) is 2.07. The Morgan fingerprint density at radius 2 is 1.78 bits per heavy atom. The van der Waals surface area contributed by atoms with Crippen LogP contribution < -0.4 is 5.32 Å². The summed E-state index contributed by atoms with van der Waals surface area (Å²) in [7, 11) is 0. The van der Waals surface area contributed by atoms with Crippen molar-refractivity contribution in [2.24, 2.45) is 0 Å². The fraction of sp³-hybridized carbons (Fsp3) is 0.231. The number of hydrogen-bond donors (Lipinski definition) is 1. The molecule has 0 saturated heterocycles. The van der Waals surface area contributed by atoms with Crippen molar-refractivity contribution < 1.29 is 4.42 Å². The van der Waals surface area contributed by atoms with Crippen LogP contribution in [0.25, 0.3) is 0 Å². The first-order valence-electron chi connectivity index (χ1n) is 5.45. The molecule has 0 aliphatic carbocycles. The molecule has 1 aromatic heterocycles. The molecule has 96 valence electrons. The van der Waals surface area contributed by atoms with Crippen molar-refractivity contribution in [2.45, 2.75) is 12.3 Å².